The molecule has 2 aromatic heterocycles. The predicted molar refractivity (Wildman–Crippen MR) is 138 cm³/mol. The Morgan fingerprint density at radius 1 is 1.17 bits per heavy atom. The van der Waals surface area contributed by atoms with Crippen molar-refractivity contribution in [3.8, 4) is 10.4 Å². The molecule has 0 spiro atoms. The van der Waals surface area contributed by atoms with Crippen molar-refractivity contribution >= 4 is 23.2 Å². The zero-order valence-corrected chi connectivity index (χ0v) is 21.7. The lowest BCUT2D eigenvalue weighted by atomic mass is 9.98. The number of nitrogens with zero attached hydrogens (tertiary/aromatic N) is 3. The summed E-state index contributed by atoms with van der Waals surface area (Å²) >= 11 is 1.72. The molecule has 1 aromatic carbocycles. The molecule has 0 bridgehead atoms. The average molecular weight is 495 g/mol. The molecule has 2 amide bonds. The minimum atomic E-state index is -0.731. The zero-order valence-electron chi connectivity index (χ0n) is 20.9. The summed E-state index contributed by atoms with van der Waals surface area (Å²) in [6, 6.07) is 8.73. The monoisotopic (exact) mass is 494 g/mol. The second-order valence-corrected chi connectivity index (χ2v) is 10.7. The zero-order chi connectivity index (χ0) is 25.3. The summed E-state index contributed by atoms with van der Waals surface area (Å²) in [5.41, 5.74) is 4.56. The van der Waals surface area contributed by atoms with Gasteiger partial charge in [0, 0.05) is 30.2 Å². The van der Waals surface area contributed by atoms with Crippen LogP contribution < -0.4 is 5.32 Å². The standard InChI is InChI=1S/C27H34N4O3S/c1-16(2)24(31-11-6-10-28-31)27(34)30-15-21(32)14-23(30)26(33)29-19(5)22-8-7-20(13-18(22)4)25-17(3)9-12-35-25/h6-13,16,19,21,23-24,32H,14-15H2,1-5H3,(H,29,33)/t19-,21+,23-,24-/m0/s1. The highest BCUT2D eigenvalue weighted by Gasteiger charge is 2.42. The number of hydrogen-bond donors (Lipinski definition) is 2. The summed E-state index contributed by atoms with van der Waals surface area (Å²) in [5.74, 6) is -0.459. The van der Waals surface area contributed by atoms with Gasteiger partial charge in [-0.05, 0) is 66.5 Å². The molecule has 35 heavy (non-hydrogen) atoms. The summed E-state index contributed by atoms with van der Waals surface area (Å²) in [6.07, 6.45) is 2.89. The lowest BCUT2D eigenvalue weighted by Gasteiger charge is -2.30. The van der Waals surface area contributed by atoms with E-state index in [1.807, 2.05) is 20.8 Å². The van der Waals surface area contributed by atoms with Gasteiger partial charge in [0.2, 0.25) is 11.8 Å². The second-order valence-electron chi connectivity index (χ2n) is 9.81. The van der Waals surface area contributed by atoms with E-state index in [9.17, 15) is 14.7 Å². The van der Waals surface area contributed by atoms with Crippen LogP contribution in [0.4, 0.5) is 0 Å². The molecule has 1 aliphatic heterocycles. The Balaban J connectivity index is 1.50. The molecule has 0 saturated carbocycles. The third-order valence-corrected chi connectivity index (χ3v) is 7.84. The molecule has 186 valence electrons. The average Bonchev–Trinajstić information content (AvgIpc) is 3.55. The molecule has 0 unspecified atom stereocenters. The molecule has 3 aromatic rings. The van der Waals surface area contributed by atoms with Crippen molar-refractivity contribution in [2.24, 2.45) is 5.92 Å². The number of β-amino-alcohol motifs (C(OH)–C–C–N with tert-alkyl or cyclic N) is 1. The highest BCUT2D eigenvalue weighted by Crippen LogP contribution is 2.32. The SMILES string of the molecule is Cc1cc(-c2sccc2C)ccc1[C@H](C)NC(=O)[C@@H]1C[C@@H](O)CN1C(=O)[C@H](C(C)C)n1cccn1. The number of thiophene rings is 1. The summed E-state index contributed by atoms with van der Waals surface area (Å²) in [4.78, 5) is 29.6. The lowest BCUT2D eigenvalue weighted by molar-refractivity contribution is -0.142. The molecule has 1 saturated heterocycles. The number of hydrogen-bond acceptors (Lipinski definition) is 5. The van der Waals surface area contributed by atoms with Crippen LogP contribution in [0.5, 0.6) is 0 Å². The normalized spacial score (nSPS) is 19.7. The largest absolute Gasteiger partial charge is 0.391 e. The van der Waals surface area contributed by atoms with Gasteiger partial charge in [-0.15, -0.1) is 11.3 Å². The Morgan fingerprint density at radius 3 is 2.54 bits per heavy atom. The number of aliphatic hydroxyl groups excluding tert-OH is 1. The Kier molecular flexibility index (Phi) is 7.42. The maximum absolute atomic E-state index is 13.5. The van der Waals surface area contributed by atoms with Crippen molar-refractivity contribution in [3.63, 3.8) is 0 Å². The Labute approximate surface area is 210 Å². The van der Waals surface area contributed by atoms with Crippen LogP contribution in [0, 0.1) is 19.8 Å². The number of aliphatic hydroxyl groups is 1. The van der Waals surface area contributed by atoms with Gasteiger partial charge >= 0.3 is 0 Å². The predicted octanol–water partition coefficient (Wildman–Crippen LogP) is 4.26. The van der Waals surface area contributed by atoms with Crippen molar-refractivity contribution < 1.29 is 14.7 Å². The number of aryl methyl sites for hydroxylation is 2. The number of rotatable bonds is 7. The minimum Gasteiger partial charge on any atom is -0.391 e. The van der Waals surface area contributed by atoms with E-state index in [0.717, 1.165) is 11.1 Å². The number of likely N-dealkylation sites (tertiary alicyclic amines) is 1. The van der Waals surface area contributed by atoms with E-state index in [2.05, 4.69) is 53.9 Å². The number of aromatic nitrogens is 2. The summed E-state index contributed by atoms with van der Waals surface area (Å²) in [7, 11) is 0. The minimum absolute atomic E-state index is 0.0177. The Hall–Kier alpha value is -2.97. The molecular weight excluding hydrogens is 460 g/mol. The molecule has 0 aliphatic carbocycles. The first-order chi connectivity index (χ1) is 16.7. The first-order valence-electron chi connectivity index (χ1n) is 12.1. The highest BCUT2D eigenvalue weighted by atomic mass is 32.1. The van der Waals surface area contributed by atoms with Crippen LogP contribution in [-0.4, -0.2) is 50.3 Å². The van der Waals surface area contributed by atoms with Crippen LogP contribution in [0.1, 0.15) is 56.0 Å². The number of carbonyl (C=O) groups is 2. The fourth-order valence-electron chi connectivity index (χ4n) is 4.98. The fourth-order valence-corrected chi connectivity index (χ4v) is 5.91. The number of benzene rings is 1. The quantitative estimate of drug-likeness (QED) is 0.514. The first-order valence-corrected chi connectivity index (χ1v) is 13.0. The molecule has 4 rings (SSSR count). The van der Waals surface area contributed by atoms with E-state index in [1.165, 1.54) is 20.9 Å². The maximum Gasteiger partial charge on any atom is 0.248 e. The number of carbonyl (C=O) groups excluding carboxylic acids is 2. The van der Waals surface area contributed by atoms with Crippen molar-refractivity contribution in [3.05, 3.63) is 64.8 Å². The van der Waals surface area contributed by atoms with Crippen LogP contribution in [0.3, 0.4) is 0 Å². The molecule has 1 aliphatic rings. The van der Waals surface area contributed by atoms with Crippen molar-refractivity contribution in [1.29, 1.82) is 0 Å². The van der Waals surface area contributed by atoms with E-state index in [1.54, 1.807) is 34.5 Å². The highest BCUT2D eigenvalue weighted by molar-refractivity contribution is 7.13. The smallest absolute Gasteiger partial charge is 0.248 e. The third-order valence-electron chi connectivity index (χ3n) is 6.78. The molecular formula is C27H34N4O3S. The van der Waals surface area contributed by atoms with E-state index >= 15 is 0 Å². The van der Waals surface area contributed by atoms with Gasteiger partial charge < -0.3 is 15.3 Å². The van der Waals surface area contributed by atoms with Gasteiger partial charge in [0.1, 0.15) is 12.1 Å². The molecule has 8 heteroatoms. The van der Waals surface area contributed by atoms with Gasteiger partial charge in [-0.3, -0.25) is 14.3 Å². The Morgan fingerprint density at radius 2 is 1.94 bits per heavy atom. The molecule has 4 atom stereocenters. The van der Waals surface area contributed by atoms with Gasteiger partial charge in [0.15, 0.2) is 0 Å². The summed E-state index contributed by atoms with van der Waals surface area (Å²) < 4.78 is 1.63. The van der Waals surface area contributed by atoms with Gasteiger partial charge in [-0.25, -0.2) is 0 Å². The number of amides is 2. The first kappa shape index (κ1) is 25.1. The lowest BCUT2D eigenvalue weighted by Crippen LogP contribution is -2.49. The van der Waals surface area contributed by atoms with E-state index in [0.29, 0.717) is 0 Å². The van der Waals surface area contributed by atoms with E-state index < -0.39 is 18.2 Å². The number of nitrogens with one attached hydrogen (secondary N) is 1. The maximum atomic E-state index is 13.5. The van der Waals surface area contributed by atoms with Gasteiger partial charge in [-0.1, -0.05) is 32.0 Å². The topological polar surface area (TPSA) is 87.5 Å². The molecule has 0 radical (unpaired) electrons. The van der Waals surface area contributed by atoms with Crippen molar-refractivity contribution in [2.45, 2.75) is 65.3 Å². The van der Waals surface area contributed by atoms with E-state index in [4.69, 9.17) is 0 Å². The Bertz CT molecular complexity index is 1190. The fraction of sp³-hybridized carbons (Fsp3) is 0.444. The van der Waals surface area contributed by atoms with Crippen LogP contribution in [-0.2, 0) is 9.59 Å². The van der Waals surface area contributed by atoms with Crippen molar-refractivity contribution in [1.82, 2.24) is 20.0 Å². The van der Waals surface area contributed by atoms with E-state index in [-0.39, 0.29) is 36.7 Å². The molecule has 1 fully saturated rings. The summed E-state index contributed by atoms with van der Waals surface area (Å²) in [6.45, 7) is 10.2. The van der Waals surface area contributed by atoms with Crippen LogP contribution in [0.25, 0.3) is 10.4 Å². The molecule has 2 N–H and O–H groups in total. The van der Waals surface area contributed by atoms with Gasteiger partial charge in [-0.2, -0.15) is 5.10 Å². The third kappa shape index (κ3) is 5.18. The van der Waals surface area contributed by atoms with Crippen LogP contribution in [0.2, 0.25) is 0 Å². The van der Waals surface area contributed by atoms with Crippen LogP contribution in [0.15, 0.2) is 48.1 Å². The van der Waals surface area contributed by atoms with Crippen molar-refractivity contribution in [2.75, 3.05) is 6.54 Å². The molecule has 3 heterocycles. The van der Waals surface area contributed by atoms with Gasteiger partial charge in [0.05, 0.1) is 12.1 Å². The second kappa shape index (κ2) is 10.3. The summed E-state index contributed by atoms with van der Waals surface area (Å²) in [5, 5.41) is 19.8. The van der Waals surface area contributed by atoms with Crippen LogP contribution >= 0.6 is 11.3 Å². The molecule has 7 nitrogen and oxygen atoms in total. The van der Waals surface area contributed by atoms with Gasteiger partial charge in [0.25, 0.3) is 0 Å².